The molecule has 0 aliphatic carbocycles. The van der Waals surface area contributed by atoms with Crippen LogP contribution in [0, 0.1) is 20.8 Å². The Balaban J connectivity index is 2.44. The summed E-state index contributed by atoms with van der Waals surface area (Å²) in [5.41, 5.74) is 12.9. The van der Waals surface area contributed by atoms with Gasteiger partial charge in [0.25, 0.3) is 0 Å². The summed E-state index contributed by atoms with van der Waals surface area (Å²) in [6, 6.07) is 12.6. The molecule has 0 atom stereocenters. The second-order valence-corrected chi connectivity index (χ2v) is 4.89. The zero-order valence-electron chi connectivity index (χ0n) is 11.5. The number of aryl methyl sites for hydroxylation is 3. The van der Waals surface area contributed by atoms with Gasteiger partial charge in [-0.25, -0.2) is 0 Å². The van der Waals surface area contributed by atoms with Crippen molar-refractivity contribution in [2.45, 2.75) is 20.8 Å². The highest BCUT2D eigenvalue weighted by Crippen LogP contribution is 2.30. The second kappa shape index (κ2) is 4.73. The number of anilines is 3. The molecular formula is C16H20N2. The molecule has 0 spiro atoms. The van der Waals surface area contributed by atoms with Gasteiger partial charge in [-0.3, -0.25) is 0 Å². The van der Waals surface area contributed by atoms with Crippen LogP contribution in [0.1, 0.15) is 16.7 Å². The quantitative estimate of drug-likeness (QED) is 0.805. The molecule has 0 aliphatic rings. The minimum absolute atomic E-state index is 0.807. The van der Waals surface area contributed by atoms with Crippen LogP contribution >= 0.6 is 0 Å². The second-order valence-electron chi connectivity index (χ2n) is 4.89. The first-order valence-corrected chi connectivity index (χ1v) is 6.16. The fraction of sp³-hybridized carbons (Fsp3) is 0.250. The monoisotopic (exact) mass is 240 g/mol. The maximum Gasteiger partial charge on any atom is 0.0644 e. The van der Waals surface area contributed by atoms with E-state index < -0.39 is 0 Å². The summed E-state index contributed by atoms with van der Waals surface area (Å²) in [6.07, 6.45) is 0. The first kappa shape index (κ1) is 12.5. The van der Waals surface area contributed by atoms with Gasteiger partial charge in [-0.15, -0.1) is 0 Å². The van der Waals surface area contributed by atoms with E-state index in [4.69, 9.17) is 5.73 Å². The van der Waals surface area contributed by atoms with E-state index in [0.717, 1.165) is 17.1 Å². The molecule has 0 heterocycles. The SMILES string of the molecule is Cc1ccc(N)c(N(C)c2ccc(C)c(C)c2)c1. The van der Waals surface area contributed by atoms with Crippen LogP contribution in [0.3, 0.4) is 0 Å². The van der Waals surface area contributed by atoms with Gasteiger partial charge in [-0.05, 0) is 61.7 Å². The van der Waals surface area contributed by atoms with Gasteiger partial charge in [0.2, 0.25) is 0 Å². The van der Waals surface area contributed by atoms with Crippen LogP contribution in [0.4, 0.5) is 17.1 Å². The van der Waals surface area contributed by atoms with E-state index in [1.807, 2.05) is 12.1 Å². The molecular weight excluding hydrogens is 220 g/mol. The van der Waals surface area contributed by atoms with Gasteiger partial charge in [-0.2, -0.15) is 0 Å². The number of nitrogens with zero attached hydrogens (tertiary/aromatic N) is 1. The predicted molar refractivity (Wildman–Crippen MR) is 79.6 cm³/mol. The topological polar surface area (TPSA) is 29.3 Å². The van der Waals surface area contributed by atoms with E-state index in [1.54, 1.807) is 0 Å². The molecule has 0 bridgehead atoms. The normalized spacial score (nSPS) is 10.4. The first-order valence-electron chi connectivity index (χ1n) is 6.16. The maximum atomic E-state index is 6.05. The Kier molecular flexibility index (Phi) is 3.28. The molecule has 2 rings (SSSR count). The van der Waals surface area contributed by atoms with Crippen LogP contribution in [-0.2, 0) is 0 Å². The van der Waals surface area contributed by atoms with Crippen molar-refractivity contribution in [3.05, 3.63) is 53.1 Å². The molecule has 2 heteroatoms. The fourth-order valence-electron chi connectivity index (χ4n) is 2.02. The molecule has 0 radical (unpaired) electrons. The molecule has 2 N–H and O–H groups in total. The summed E-state index contributed by atoms with van der Waals surface area (Å²) < 4.78 is 0. The number of benzene rings is 2. The lowest BCUT2D eigenvalue weighted by atomic mass is 10.1. The van der Waals surface area contributed by atoms with Crippen molar-refractivity contribution in [2.75, 3.05) is 17.7 Å². The molecule has 0 fully saturated rings. The number of rotatable bonds is 2. The van der Waals surface area contributed by atoms with Gasteiger partial charge >= 0.3 is 0 Å². The molecule has 0 saturated carbocycles. The van der Waals surface area contributed by atoms with E-state index in [1.165, 1.54) is 16.7 Å². The summed E-state index contributed by atoms with van der Waals surface area (Å²) >= 11 is 0. The van der Waals surface area contributed by atoms with E-state index in [2.05, 4.69) is 57.0 Å². The van der Waals surface area contributed by atoms with Crippen molar-refractivity contribution in [1.82, 2.24) is 0 Å². The van der Waals surface area contributed by atoms with Gasteiger partial charge in [0.05, 0.1) is 11.4 Å². The molecule has 0 aliphatic heterocycles. The average Bonchev–Trinajstić information content (AvgIpc) is 2.35. The van der Waals surface area contributed by atoms with Crippen molar-refractivity contribution in [3.63, 3.8) is 0 Å². The number of nitrogens with two attached hydrogens (primary N) is 1. The number of nitrogen functional groups attached to an aromatic ring is 1. The summed E-state index contributed by atoms with van der Waals surface area (Å²) in [5, 5.41) is 0. The van der Waals surface area contributed by atoms with Crippen molar-refractivity contribution >= 4 is 17.1 Å². The van der Waals surface area contributed by atoms with Gasteiger partial charge < -0.3 is 10.6 Å². The third-order valence-electron chi connectivity index (χ3n) is 3.43. The molecule has 2 aromatic rings. The van der Waals surface area contributed by atoms with Crippen LogP contribution in [0.15, 0.2) is 36.4 Å². The van der Waals surface area contributed by atoms with Crippen LogP contribution in [0.2, 0.25) is 0 Å². The highest BCUT2D eigenvalue weighted by molar-refractivity contribution is 5.75. The zero-order chi connectivity index (χ0) is 13.3. The lowest BCUT2D eigenvalue weighted by Gasteiger charge is -2.22. The molecule has 2 nitrogen and oxygen atoms in total. The van der Waals surface area contributed by atoms with Crippen molar-refractivity contribution in [3.8, 4) is 0 Å². The summed E-state index contributed by atoms with van der Waals surface area (Å²) in [7, 11) is 2.05. The highest BCUT2D eigenvalue weighted by atomic mass is 15.1. The van der Waals surface area contributed by atoms with E-state index in [0.29, 0.717) is 0 Å². The Bertz CT molecular complexity index is 573. The standard InChI is InChI=1S/C16H20N2/c1-11-5-8-15(17)16(9-11)18(4)14-7-6-12(2)13(3)10-14/h5-10H,17H2,1-4H3. The molecule has 0 aromatic heterocycles. The predicted octanol–water partition coefficient (Wildman–Crippen LogP) is 3.96. The fourth-order valence-corrected chi connectivity index (χ4v) is 2.02. The number of hydrogen-bond donors (Lipinski definition) is 1. The Morgan fingerprint density at radius 3 is 2.28 bits per heavy atom. The van der Waals surface area contributed by atoms with Gasteiger partial charge in [0.15, 0.2) is 0 Å². The molecule has 0 unspecified atom stereocenters. The summed E-state index contributed by atoms with van der Waals surface area (Å²) in [5.74, 6) is 0. The maximum absolute atomic E-state index is 6.05. The minimum Gasteiger partial charge on any atom is -0.397 e. The Labute approximate surface area is 109 Å². The Hall–Kier alpha value is -1.96. The van der Waals surface area contributed by atoms with Gasteiger partial charge in [0.1, 0.15) is 0 Å². The number of hydrogen-bond acceptors (Lipinski definition) is 2. The van der Waals surface area contributed by atoms with Crippen LogP contribution in [0.5, 0.6) is 0 Å². The van der Waals surface area contributed by atoms with Crippen LogP contribution < -0.4 is 10.6 Å². The van der Waals surface area contributed by atoms with E-state index in [-0.39, 0.29) is 0 Å². The summed E-state index contributed by atoms with van der Waals surface area (Å²) in [6.45, 7) is 6.34. The van der Waals surface area contributed by atoms with Crippen LogP contribution in [0.25, 0.3) is 0 Å². The van der Waals surface area contributed by atoms with Crippen LogP contribution in [-0.4, -0.2) is 7.05 Å². The van der Waals surface area contributed by atoms with E-state index in [9.17, 15) is 0 Å². The van der Waals surface area contributed by atoms with Crippen molar-refractivity contribution in [1.29, 1.82) is 0 Å². The molecule has 0 amide bonds. The highest BCUT2D eigenvalue weighted by Gasteiger charge is 2.08. The van der Waals surface area contributed by atoms with Gasteiger partial charge in [-0.1, -0.05) is 12.1 Å². The zero-order valence-corrected chi connectivity index (χ0v) is 11.5. The molecule has 94 valence electrons. The van der Waals surface area contributed by atoms with Crippen molar-refractivity contribution in [2.24, 2.45) is 0 Å². The Morgan fingerprint density at radius 1 is 0.889 bits per heavy atom. The summed E-state index contributed by atoms with van der Waals surface area (Å²) in [4.78, 5) is 2.13. The van der Waals surface area contributed by atoms with Gasteiger partial charge in [0, 0.05) is 12.7 Å². The molecule has 0 saturated heterocycles. The van der Waals surface area contributed by atoms with E-state index >= 15 is 0 Å². The third kappa shape index (κ3) is 2.33. The first-order chi connectivity index (χ1) is 8.49. The lowest BCUT2D eigenvalue weighted by molar-refractivity contribution is 1.19. The largest absolute Gasteiger partial charge is 0.397 e. The molecule has 18 heavy (non-hydrogen) atoms. The smallest absolute Gasteiger partial charge is 0.0644 e. The minimum atomic E-state index is 0.807. The average molecular weight is 240 g/mol. The Morgan fingerprint density at radius 2 is 1.61 bits per heavy atom. The lowest BCUT2D eigenvalue weighted by Crippen LogP contribution is -2.12. The molecule has 2 aromatic carbocycles. The third-order valence-corrected chi connectivity index (χ3v) is 3.43. The van der Waals surface area contributed by atoms with Crippen molar-refractivity contribution < 1.29 is 0 Å².